The molecule has 6 nitrogen and oxygen atoms in total. The van der Waals surface area contributed by atoms with Gasteiger partial charge in [-0.05, 0) is 179 Å². The fourth-order valence-corrected chi connectivity index (χ4v) is 11.6. The van der Waals surface area contributed by atoms with Crippen LogP contribution >= 0.6 is 0 Å². The highest BCUT2D eigenvalue weighted by molar-refractivity contribution is 6.07. The minimum absolute atomic E-state index is 0.284. The molecule has 13 rings (SSSR count). The molecule has 0 heterocycles. The number of hydrogen-bond acceptors (Lipinski definition) is 6. The third-order valence-corrected chi connectivity index (χ3v) is 15.5. The van der Waals surface area contributed by atoms with Gasteiger partial charge in [-0.1, -0.05) is 194 Å². The Morgan fingerprint density at radius 2 is 0.302 bits per heavy atom. The highest BCUT2D eigenvalue weighted by Gasteiger charge is 2.29. The first-order chi connectivity index (χ1) is 42.6. The summed E-state index contributed by atoms with van der Waals surface area (Å²) >= 11 is 0. The second kappa shape index (κ2) is 24.6. The molecule has 0 fully saturated rings. The molecule has 0 aliphatic rings. The summed E-state index contributed by atoms with van der Waals surface area (Å²) in [6, 6.07) is 122. The van der Waals surface area contributed by atoms with Crippen molar-refractivity contribution in [3.05, 3.63) is 351 Å². The van der Waals surface area contributed by atoms with Crippen molar-refractivity contribution in [1.82, 2.24) is 0 Å². The molecule has 13 aromatic carbocycles. The van der Waals surface area contributed by atoms with E-state index in [0.29, 0.717) is 11.1 Å². The molecule has 0 aliphatic heterocycles. The molecule has 0 saturated heterocycles. The minimum Gasteiger partial charge on any atom is -0.311 e. The van der Waals surface area contributed by atoms with Crippen molar-refractivity contribution < 1.29 is 0 Å². The molecule has 6 heteroatoms. The number of benzene rings is 13. The lowest BCUT2D eigenvalue weighted by Gasteiger charge is -2.28. The van der Waals surface area contributed by atoms with Gasteiger partial charge in [-0.2, -0.15) is 10.5 Å². The number of rotatable bonds is 16. The Kier molecular flexibility index (Phi) is 15.3. The number of nitrogens with zero attached hydrogens (tertiary/aromatic N) is 6. The van der Waals surface area contributed by atoms with Gasteiger partial charge < -0.3 is 19.6 Å². The zero-order valence-corrected chi connectivity index (χ0v) is 47.0. The predicted octanol–water partition coefficient (Wildman–Crippen LogP) is 22.0. The lowest BCUT2D eigenvalue weighted by atomic mass is 9.77. The van der Waals surface area contributed by atoms with Gasteiger partial charge in [0.25, 0.3) is 0 Å². The molecule has 0 amide bonds. The zero-order chi connectivity index (χ0) is 58.0. The summed E-state index contributed by atoms with van der Waals surface area (Å²) in [5, 5.41) is 23.7. The smallest absolute Gasteiger partial charge is 0.101 e. The van der Waals surface area contributed by atoms with Crippen molar-refractivity contribution in [1.29, 1.82) is 10.5 Å². The molecule has 0 saturated carbocycles. The Hall–Kier alpha value is -12.0. The SMILES string of the molecule is N#Cc1c(C#N)c(-c2ccc(N(c3ccccc3)c3ccccc3)cc2)c(-c2ccc(N(c3ccccc3)c3ccccc3)cc2)c(-c2ccc(N(c3ccccc3)c3ccccc3)cc2)c1-c1ccc(N(c2ccccc2)c2ccccc2)cc1. The first-order valence-corrected chi connectivity index (χ1v) is 28.7. The van der Waals surface area contributed by atoms with Crippen molar-refractivity contribution in [2.45, 2.75) is 0 Å². The van der Waals surface area contributed by atoms with E-state index in [0.717, 1.165) is 102 Å². The summed E-state index contributed by atoms with van der Waals surface area (Å²) in [5.74, 6) is 0. The van der Waals surface area contributed by atoms with Crippen LogP contribution in [0.3, 0.4) is 0 Å². The van der Waals surface area contributed by atoms with E-state index in [1.54, 1.807) is 0 Å². The first-order valence-electron chi connectivity index (χ1n) is 28.7. The third kappa shape index (κ3) is 10.7. The van der Waals surface area contributed by atoms with Crippen molar-refractivity contribution in [3.8, 4) is 56.6 Å². The average molecular weight is 1100 g/mol. The van der Waals surface area contributed by atoms with Crippen LogP contribution in [0.25, 0.3) is 44.5 Å². The average Bonchev–Trinajstić information content (AvgIpc) is 0.856. The summed E-state index contributed by atoms with van der Waals surface area (Å²) in [4.78, 5) is 8.96. The molecule has 0 atom stereocenters. The Morgan fingerprint density at radius 1 is 0.163 bits per heavy atom. The molecule has 0 bridgehead atoms. The van der Waals surface area contributed by atoms with Gasteiger partial charge in [0.2, 0.25) is 0 Å². The van der Waals surface area contributed by atoms with Crippen LogP contribution in [0, 0.1) is 22.7 Å². The van der Waals surface area contributed by atoms with E-state index in [-0.39, 0.29) is 11.1 Å². The Balaban J connectivity index is 1.07. The van der Waals surface area contributed by atoms with Crippen LogP contribution in [0.2, 0.25) is 0 Å². The number of anilines is 12. The van der Waals surface area contributed by atoms with Crippen molar-refractivity contribution in [2.75, 3.05) is 19.6 Å². The monoisotopic (exact) mass is 1100 g/mol. The van der Waals surface area contributed by atoms with E-state index in [4.69, 9.17) is 0 Å². The number of nitriles is 2. The molecule has 13 aromatic rings. The molecule has 0 spiro atoms. The van der Waals surface area contributed by atoms with Gasteiger partial charge in [0.15, 0.2) is 0 Å². The van der Waals surface area contributed by atoms with Gasteiger partial charge in [0, 0.05) is 79.4 Å². The summed E-state index contributed by atoms with van der Waals surface area (Å²) in [6.45, 7) is 0. The second-order valence-corrected chi connectivity index (χ2v) is 20.7. The van der Waals surface area contributed by atoms with Crippen molar-refractivity contribution >= 4 is 68.2 Å². The summed E-state index contributed by atoms with van der Waals surface area (Å²) in [6.07, 6.45) is 0. The quantitative estimate of drug-likeness (QED) is 0.0961. The van der Waals surface area contributed by atoms with E-state index in [2.05, 4.69) is 274 Å². The molecule has 0 unspecified atom stereocenters. The lowest BCUT2D eigenvalue weighted by Crippen LogP contribution is -2.10. The maximum atomic E-state index is 11.9. The molecule has 86 heavy (non-hydrogen) atoms. The molecule has 406 valence electrons. The van der Waals surface area contributed by atoms with Crippen molar-refractivity contribution in [2.24, 2.45) is 0 Å². The lowest BCUT2D eigenvalue weighted by molar-refractivity contribution is 1.28. The van der Waals surface area contributed by atoms with Crippen molar-refractivity contribution in [3.63, 3.8) is 0 Å². The minimum atomic E-state index is 0.284. The van der Waals surface area contributed by atoms with Crippen LogP contribution in [-0.4, -0.2) is 0 Å². The Bertz CT molecular complexity index is 4010. The molecule has 0 aromatic heterocycles. The molecular weight excluding hydrogens is 1040 g/mol. The molecule has 0 aliphatic carbocycles. The molecule has 0 N–H and O–H groups in total. The van der Waals surface area contributed by atoms with Gasteiger partial charge in [0.05, 0.1) is 11.1 Å². The topological polar surface area (TPSA) is 60.5 Å². The maximum Gasteiger partial charge on any atom is 0.101 e. The van der Waals surface area contributed by atoms with E-state index in [9.17, 15) is 10.5 Å². The maximum absolute atomic E-state index is 11.9. The van der Waals surface area contributed by atoms with Crippen LogP contribution in [0.15, 0.2) is 340 Å². The number of hydrogen-bond donors (Lipinski definition) is 0. The second-order valence-electron chi connectivity index (χ2n) is 20.7. The van der Waals surface area contributed by atoms with Crippen LogP contribution < -0.4 is 19.6 Å². The predicted molar refractivity (Wildman–Crippen MR) is 356 cm³/mol. The fourth-order valence-electron chi connectivity index (χ4n) is 11.6. The first kappa shape index (κ1) is 53.4. The van der Waals surface area contributed by atoms with Gasteiger partial charge in [-0.15, -0.1) is 0 Å². The van der Waals surface area contributed by atoms with Gasteiger partial charge >= 0.3 is 0 Å². The van der Waals surface area contributed by atoms with E-state index in [1.165, 1.54) is 0 Å². The zero-order valence-electron chi connectivity index (χ0n) is 47.0. The third-order valence-electron chi connectivity index (χ3n) is 15.5. The van der Waals surface area contributed by atoms with Crippen LogP contribution in [0.5, 0.6) is 0 Å². The van der Waals surface area contributed by atoms with E-state index in [1.807, 2.05) is 97.1 Å². The van der Waals surface area contributed by atoms with Gasteiger partial charge in [-0.3, -0.25) is 0 Å². The standard InChI is InChI=1S/C80H56N6/c81-57-75-76(58-82)78(60-43-51-72(52-44-60)84(65-29-13-3-14-30-65)66-31-15-4-16-32-66)80(62-47-55-74(56-48-62)86(69-37-21-7-22-38-69)70-39-23-8-24-40-70)79(61-45-53-73(54-46-61)85(67-33-17-5-18-34-67)68-35-19-6-20-36-68)77(75)59-41-49-71(50-42-59)83(63-25-9-1-10-26-63)64-27-11-2-12-28-64/h1-56H. The van der Waals surface area contributed by atoms with E-state index < -0.39 is 0 Å². The Morgan fingerprint density at radius 3 is 0.453 bits per heavy atom. The summed E-state index contributed by atoms with van der Waals surface area (Å²) in [7, 11) is 0. The fraction of sp³-hybridized carbons (Fsp3) is 0. The van der Waals surface area contributed by atoms with Crippen LogP contribution in [0.1, 0.15) is 11.1 Å². The van der Waals surface area contributed by atoms with Gasteiger partial charge in [0.1, 0.15) is 12.1 Å². The number of para-hydroxylation sites is 8. The van der Waals surface area contributed by atoms with Crippen LogP contribution in [-0.2, 0) is 0 Å². The Labute approximate surface area is 503 Å². The largest absolute Gasteiger partial charge is 0.311 e. The summed E-state index contributed by atoms with van der Waals surface area (Å²) in [5.41, 5.74) is 18.7. The molecular formula is C80H56N6. The van der Waals surface area contributed by atoms with E-state index >= 15 is 0 Å². The van der Waals surface area contributed by atoms with Gasteiger partial charge in [-0.25, -0.2) is 0 Å². The normalized spacial score (nSPS) is 10.8. The highest BCUT2D eigenvalue weighted by Crippen LogP contribution is 2.52. The highest BCUT2D eigenvalue weighted by atomic mass is 15.2. The van der Waals surface area contributed by atoms with Crippen LogP contribution in [0.4, 0.5) is 68.2 Å². The molecule has 0 radical (unpaired) electrons. The summed E-state index contributed by atoms with van der Waals surface area (Å²) < 4.78 is 0.